The maximum atomic E-state index is 6.16. The van der Waals surface area contributed by atoms with Gasteiger partial charge < -0.3 is 15.5 Å². The Hall–Kier alpha value is -0.650. The van der Waals surface area contributed by atoms with Gasteiger partial charge in [0.15, 0.2) is 5.13 Å². The Morgan fingerprint density at radius 3 is 2.94 bits per heavy atom. The van der Waals surface area contributed by atoms with Crippen LogP contribution in [0, 0.1) is 0 Å². The predicted octanol–water partition coefficient (Wildman–Crippen LogP) is 1.62. The average molecular weight is 266 g/mol. The van der Waals surface area contributed by atoms with E-state index >= 15 is 0 Å². The van der Waals surface area contributed by atoms with Crippen LogP contribution in [-0.2, 0) is 6.42 Å². The van der Waals surface area contributed by atoms with Gasteiger partial charge in [-0.3, -0.25) is 0 Å². The number of nitrogens with two attached hydrogens (primary N) is 1. The molecule has 1 aliphatic carbocycles. The monoisotopic (exact) mass is 266 g/mol. The Bertz CT molecular complexity index is 431. The number of aromatic nitrogens is 1. The van der Waals surface area contributed by atoms with Crippen molar-refractivity contribution < 1.29 is 0 Å². The van der Waals surface area contributed by atoms with Crippen molar-refractivity contribution in [1.29, 1.82) is 0 Å². The number of piperazine rings is 1. The first-order chi connectivity index (χ1) is 8.65. The number of rotatable bonds is 1. The van der Waals surface area contributed by atoms with Crippen LogP contribution in [0.4, 0.5) is 5.13 Å². The molecule has 0 amide bonds. The molecule has 0 bridgehead atoms. The van der Waals surface area contributed by atoms with Gasteiger partial charge in [-0.25, -0.2) is 4.98 Å². The summed E-state index contributed by atoms with van der Waals surface area (Å²) in [4.78, 5) is 11.1. The molecule has 0 saturated carbocycles. The van der Waals surface area contributed by atoms with Gasteiger partial charge in [-0.15, -0.1) is 11.3 Å². The Morgan fingerprint density at radius 1 is 1.39 bits per heavy atom. The van der Waals surface area contributed by atoms with Crippen molar-refractivity contribution >= 4 is 16.5 Å². The van der Waals surface area contributed by atoms with Gasteiger partial charge in [0, 0.05) is 36.6 Å². The zero-order valence-corrected chi connectivity index (χ0v) is 12.0. The van der Waals surface area contributed by atoms with Crippen LogP contribution < -0.4 is 10.6 Å². The molecule has 1 aromatic rings. The molecule has 1 aliphatic heterocycles. The third kappa shape index (κ3) is 2.15. The molecular weight excluding hydrogens is 244 g/mol. The second kappa shape index (κ2) is 4.79. The number of aryl methyl sites for hydroxylation is 1. The normalized spacial score (nSPS) is 29.4. The number of anilines is 1. The summed E-state index contributed by atoms with van der Waals surface area (Å²) < 4.78 is 0. The molecule has 5 heteroatoms. The number of hydrogen-bond acceptors (Lipinski definition) is 5. The Balaban J connectivity index is 1.84. The largest absolute Gasteiger partial charge is 0.343 e. The summed E-state index contributed by atoms with van der Waals surface area (Å²) in [7, 11) is 2.19. The van der Waals surface area contributed by atoms with E-state index in [1.54, 1.807) is 0 Å². The van der Waals surface area contributed by atoms with E-state index in [1.165, 1.54) is 28.5 Å². The molecule has 2 unspecified atom stereocenters. The summed E-state index contributed by atoms with van der Waals surface area (Å²) in [6.45, 7) is 5.62. The van der Waals surface area contributed by atoms with Gasteiger partial charge in [0.25, 0.3) is 0 Å². The van der Waals surface area contributed by atoms with Crippen molar-refractivity contribution in [2.45, 2.75) is 38.3 Å². The van der Waals surface area contributed by atoms with E-state index in [1.807, 2.05) is 11.3 Å². The molecule has 1 fully saturated rings. The van der Waals surface area contributed by atoms with E-state index in [0.29, 0.717) is 6.04 Å². The van der Waals surface area contributed by atoms with Gasteiger partial charge in [-0.05, 0) is 33.2 Å². The third-order valence-electron chi connectivity index (χ3n) is 4.06. The number of fused-ring (bicyclic) bond motifs is 1. The number of thiazole rings is 1. The van der Waals surface area contributed by atoms with Crippen molar-refractivity contribution in [3.8, 4) is 0 Å². The SMILES string of the molecule is CC1CN(C)CCN1c1nc2c(s1)CCCC2N. The quantitative estimate of drug-likeness (QED) is 0.839. The molecule has 3 rings (SSSR count). The fraction of sp³-hybridized carbons (Fsp3) is 0.769. The second-order valence-corrected chi connectivity index (χ2v) is 6.67. The summed E-state index contributed by atoms with van der Waals surface area (Å²) in [5.41, 5.74) is 7.34. The number of hydrogen-bond donors (Lipinski definition) is 1. The summed E-state index contributed by atoms with van der Waals surface area (Å²) in [6, 6.07) is 0.717. The van der Waals surface area contributed by atoms with E-state index in [9.17, 15) is 0 Å². The maximum Gasteiger partial charge on any atom is 0.186 e. The average Bonchev–Trinajstić information content (AvgIpc) is 2.74. The molecule has 1 aromatic heterocycles. The van der Waals surface area contributed by atoms with Crippen LogP contribution in [0.5, 0.6) is 0 Å². The molecule has 100 valence electrons. The molecule has 2 atom stereocenters. The van der Waals surface area contributed by atoms with E-state index in [0.717, 1.165) is 26.1 Å². The van der Waals surface area contributed by atoms with E-state index < -0.39 is 0 Å². The predicted molar refractivity (Wildman–Crippen MR) is 76.3 cm³/mol. The van der Waals surface area contributed by atoms with Gasteiger partial charge in [-0.1, -0.05) is 0 Å². The molecule has 0 aromatic carbocycles. The Morgan fingerprint density at radius 2 is 2.22 bits per heavy atom. The molecule has 0 radical (unpaired) electrons. The first-order valence-corrected chi connectivity index (χ1v) is 7.67. The van der Waals surface area contributed by atoms with Crippen LogP contribution in [0.2, 0.25) is 0 Å². The minimum atomic E-state index is 0.168. The molecule has 4 nitrogen and oxygen atoms in total. The first kappa shape index (κ1) is 12.4. The molecule has 0 spiro atoms. The smallest absolute Gasteiger partial charge is 0.186 e. The standard InChI is InChI=1S/C13H22N4S/c1-9-8-16(2)6-7-17(9)13-15-12-10(14)4-3-5-11(12)18-13/h9-10H,3-8,14H2,1-2H3. The lowest BCUT2D eigenvalue weighted by molar-refractivity contribution is 0.275. The van der Waals surface area contributed by atoms with Crippen LogP contribution in [0.1, 0.15) is 36.4 Å². The summed E-state index contributed by atoms with van der Waals surface area (Å²) in [5.74, 6) is 0. The molecule has 1 saturated heterocycles. The van der Waals surface area contributed by atoms with Crippen molar-refractivity contribution in [2.75, 3.05) is 31.6 Å². The highest BCUT2D eigenvalue weighted by Gasteiger charge is 2.28. The maximum absolute atomic E-state index is 6.16. The van der Waals surface area contributed by atoms with Crippen molar-refractivity contribution in [3.63, 3.8) is 0 Å². The number of nitrogens with zero attached hydrogens (tertiary/aromatic N) is 3. The number of likely N-dealkylation sites (N-methyl/N-ethyl adjacent to an activating group) is 1. The fourth-order valence-corrected chi connectivity index (χ4v) is 4.29. The van der Waals surface area contributed by atoms with Crippen molar-refractivity contribution in [3.05, 3.63) is 10.6 Å². The van der Waals surface area contributed by atoms with Gasteiger partial charge in [0.2, 0.25) is 0 Å². The van der Waals surface area contributed by atoms with Crippen LogP contribution in [0.3, 0.4) is 0 Å². The van der Waals surface area contributed by atoms with Crippen LogP contribution in [-0.4, -0.2) is 42.6 Å². The molecule has 2 N–H and O–H groups in total. The highest BCUT2D eigenvalue weighted by atomic mass is 32.1. The van der Waals surface area contributed by atoms with Crippen LogP contribution in [0.25, 0.3) is 0 Å². The second-order valence-electron chi connectivity index (χ2n) is 5.61. The fourth-order valence-electron chi connectivity index (χ4n) is 2.99. The topological polar surface area (TPSA) is 45.4 Å². The third-order valence-corrected chi connectivity index (χ3v) is 5.23. The van der Waals surface area contributed by atoms with Crippen molar-refractivity contribution in [2.24, 2.45) is 5.73 Å². The van der Waals surface area contributed by atoms with Gasteiger partial charge in [-0.2, -0.15) is 0 Å². The van der Waals surface area contributed by atoms with Crippen LogP contribution >= 0.6 is 11.3 Å². The molecular formula is C13H22N4S. The zero-order chi connectivity index (χ0) is 12.7. The highest BCUT2D eigenvalue weighted by Crippen LogP contribution is 2.36. The summed E-state index contributed by atoms with van der Waals surface area (Å²) in [5, 5.41) is 1.19. The summed E-state index contributed by atoms with van der Waals surface area (Å²) in [6.07, 6.45) is 3.48. The lowest BCUT2D eigenvalue weighted by atomic mass is 9.99. The minimum Gasteiger partial charge on any atom is -0.343 e. The lowest BCUT2D eigenvalue weighted by Gasteiger charge is -2.38. The van der Waals surface area contributed by atoms with Gasteiger partial charge in [0.1, 0.15) is 0 Å². The van der Waals surface area contributed by atoms with E-state index in [2.05, 4.69) is 23.8 Å². The highest BCUT2D eigenvalue weighted by molar-refractivity contribution is 7.15. The van der Waals surface area contributed by atoms with Crippen LogP contribution in [0.15, 0.2) is 0 Å². The molecule has 2 aliphatic rings. The minimum absolute atomic E-state index is 0.168. The molecule has 2 heterocycles. The summed E-state index contributed by atoms with van der Waals surface area (Å²) >= 11 is 1.87. The zero-order valence-electron chi connectivity index (χ0n) is 11.2. The van der Waals surface area contributed by atoms with E-state index in [-0.39, 0.29) is 6.04 Å². The lowest BCUT2D eigenvalue weighted by Crippen LogP contribution is -2.50. The molecule has 18 heavy (non-hydrogen) atoms. The Kier molecular flexibility index (Phi) is 3.30. The van der Waals surface area contributed by atoms with Gasteiger partial charge in [0.05, 0.1) is 5.69 Å². The van der Waals surface area contributed by atoms with Crippen molar-refractivity contribution in [1.82, 2.24) is 9.88 Å². The van der Waals surface area contributed by atoms with Gasteiger partial charge >= 0.3 is 0 Å². The Labute approximate surface area is 113 Å². The first-order valence-electron chi connectivity index (χ1n) is 6.85. The van der Waals surface area contributed by atoms with E-state index in [4.69, 9.17) is 10.7 Å².